The van der Waals surface area contributed by atoms with Gasteiger partial charge in [0.1, 0.15) is 0 Å². The van der Waals surface area contributed by atoms with E-state index in [9.17, 15) is 5.11 Å². The van der Waals surface area contributed by atoms with Gasteiger partial charge in [-0.25, -0.2) is 0 Å². The molecule has 0 saturated heterocycles. The minimum Gasteiger partial charge on any atom is -0.390 e. The van der Waals surface area contributed by atoms with Crippen LogP contribution in [0.25, 0.3) is 0 Å². The maximum absolute atomic E-state index is 9.84. The first-order valence-corrected chi connectivity index (χ1v) is 4.81. The zero-order chi connectivity index (χ0) is 8.48. The summed E-state index contributed by atoms with van der Waals surface area (Å²) in [5, 5.41) is 9.84. The molecule has 1 nitrogen and oxygen atoms in total. The lowest BCUT2D eigenvalue weighted by Crippen LogP contribution is -2.11. The Bertz CT molecular complexity index is 131. The number of hydrogen-bond acceptors (Lipinski definition) is 1. The van der Waals surface area contributed by atoms with E-state index >= 15 is 0 Å². The van der Waals surface area contributed by atoms with Gasteiger partial charge >= 0.3 is 0 Å². The minimum atomic E-state index is -0.251. The highest BCUT2D eigenvalue weighted by atomic mass is 16.3. The fourth-order valence-corrected chi connectivity index (χ4v) is 1.74. The third-order valence-corrected chi connectivity index (χ3v) is 2.85. The summed E-state index contributed by atoms with van der Waals surface area (Å²) in [5.74, 6) is 1.35. The van der Waals surface area contributed by atoms with Crippen LogP contribution in [0.1, 0.15) is 46.5 Å². The van der Waals surface area contributed by atoms with Crippen LogP contribution in [-0.2, 0) is 0 Å². The van der Waals surface area contributed by atoms with Crippen LogP contribution in [0.2, 0.25) is 0 Å². The average Bonchev–Trinajstić information content (AvgIpc) is 2.59. The molecule has 0 aliphatic heterocycles. The third-order valence-electron chi connectivity index (χ3n) is 2.85. The van der Waals surface area contributed by atoms with E-state index in [2.05, 4.69) is 20.8 Å². The van der Waals surface area contributed by atoms with E-state index in [0.29, 0.717) is 5.92 Å². The Morgan fingerprint density at radius 3 is 2.55 bits per heavy atom. The Morgan fingerprint density at radius 1 is 1.55 bits per heavy atom. The van der Waals surface area contributed by atoms with E-state index in [4.69, 9.17) is 0 Å². The van der Waals surface area contributed by atoms with Crippen molar-refractivity contribution in [3.05, 3.63) is 0 Å². The standard InChI is InChI=1S/C10H20O/c1-4-9-7-10(9,11)6-5-8(2)3/h8-9,11H,4-7H2,1-3H3. The highest BCUT2D eigenvalue weighted by molar-refractivity contribution is 5.02. The molecule has 1 aliphatic carbocycles. The zero-order valence-electron chi connectivity index (χ0n) is 7.93. The van der Waals surface area contributed by atoms with Crippen LogP contribution >= 0.6 is 0 Å². The molecule has 0 radical (unpaired) electrons. The Labute approximate surface area is 69.8 Å². The molecule has 0 aromatic heterocycles. The molecule has 1 N–H and O–H groups in total. The van der Waals surface area contributed by atoms with Crippen LogP contribution < -0.4 is 0 Å². The zero-order valence-corrected chi connectivity index (χ0v) is 7.93. The quantitative estimate of drug-likeness (QED) is 0.663. The smallest absolute Gasteiger partial charge is 0.0680 e. The van der Waals surface area contributed by atoms with Crippen LogP contribution in [-0.4, -0.2) is 10.7 Å². The lowest BCUT2D eigenvalue weighted by molar-refractivity contribution is 0.113. The van der Waals surface area contributed by atoms with Gasteiger partial charge in [0.15, 0.2) is 0 Å². The Balaban J connectivity index is 2.18. The fraction of sp³-hybridized carbons (Fsp3) is 1.00. The summed E-state index contributed by atoms with van der Waals surface area (Å²) in [6.07, 6.45) is 4.39. The topological polar surface area (TPSA) is 20.2 Å². The first-order chi connectivity index (χ1) is 5.08. The largest absolute Gasteiger partial charge is 0.390 e. The summed E-state index contributed by atoms with van der Waals surface area (Å²) in [6.45, 7) is 6.59. The molecule has 1 fully saturated rings. The van der Waals surface area contributed by atoms with Crippen LogP contribution in [0.5, 0.6) is 0 Å². The van der Waals surface area contributed by atoms with Crippen molar-refractivity contribution >= 4 is 0 Å². The highest BCUT2D eigenvalue weighted by Crippen LogP contribution is 2.49. The molecule has 1 saturated carbocycles. The summed E-state index contributed by atoms with van der Waals surface area (Å²) in [6, 6.07) is 0. The van der Waals surface area contributed by atoms with Crippen molar-refractivity contribution < 1.29 is 5.11 Å². The van der Waals surface area contributed by atoms with Crippen LogP contribution in [0.4, 0.5) is 0 Å². The Morgan fingerprint density at radius 2 is 2.18 bits per heavy atom. The van der Waals surface area contributed by atoms with Crippen molar-refractivity contribution in [2.75, 3.05) is 0 Å². The Hall–Kier alpha value is -0.0400. The molecule has 0 spiro atoms. The van der Waals surface area contributed by atoms with Gasteiger partial charge in [0.2, 0.25) is 0 Å². The van der Waals surface area contributed by atoms with Gasteiger partial charge in [-0.15, -0.1) is 0 Å². The lowest BCUT2D eigenvalue weighted by atomic mass is 10.0. The van der Waals surface area contributed by atoms with Crippen molar-refractivity contribution in [2.24, 2.45) is 11.8 Å². The van der Waals surface area contributed by atoms with Crippen molar-refractivity contribution in [1.82, 2.24) is 0 Å². The number of rotatable bonds is 4. The van der Waals surface area contributed by atoms with Gasteiger partial charge in [-0.2, -0.15) is 0 Å². The van der Waals surface area contributed by atoms with E-state index in [-0.39, 0.29) is 5.60 Å². The summed E-state index contributed by atoms with van der Waals surface area (Å²) >= 11 is 0. The molecule has 0 heterocycles. The van der Waals surface area contributed by atoms with Gasteiger partial charge in [0.25, 0.3) is 0 Å². The average molecular weight is 156 g/mol. The van der Waals surface area contributed by atoms with Crippen molar-refractivity contribution in [2.45, 2.75) is 52.1 Å². The van der Waals surface area contributed by atoms with Crippen molar-refractivity contribution in [3.8, 4) is 0 Å². The van der Waals surface area contributed by atoms with E-state index in [0.717, 1.165) is 25.2 Å². The molecule has 1 aliphatic rings. The summed E-state index contributed by atoms with van der Waals surface area (Å²) in [5.41, 5.74) is -0.251. The molecular formula is C10H20O. The maximum Gasteiger partial charge on any atom is 0.0680 e. The molecule has 0 bridgehead atoms. The number of aliphatic hydroxyl groups is 1. The first kappa shape index (κ1) is 9.05. The molecule has 66 valence electrons. The number of hydrogen-bond donors (Lipinski definition) is 1. The molecule has 0 aromatic rings. The molecule has 2 unspecified atom stereocenters. The third kappa shape index (κ3) is 2.19. The molecule has 1 heteroatoms. The Kier molecular flexibility index (Phi) is 2.58. The lowest BCUT2D eigenvalue weighted by Gasteiger charge is -2.10. The predicted octanol–water partition coefficient (Wildman–Crippen LogP) is 2.58. The van der Waals surface area contributed by atoms with Gasteiger partial charge in [-0.3, -0.25) is 0 Å². The predicted molar refractivity (Wildman–Crippen MR) is 47.4 cm³/mol. The SMILES string of the molecule is CCC1CC1(O)CCC(C)C. The molecule has 0 amide bonds. The van der Waals surface area contributed by atoms with Gasteiger partial charge in [-0.1, -0.05) is 27.2 Å². The normalized spacial score (nSPS) is 36.3. The van der Waals surface area contributed by atoms with E-state index < -0.39 is 0 Å². The van der Waals surface area contributed by atoms with Gasteiger partial charge in [-0.05, 0) is 31.1 Å². The minimum absolute atomic E-state index is 0.251. The van der Waals surface area contributed by atoms with Crippen LogP contribution in [0.3, 0.4) is 0 Å². The summed E-state index contributed by atoms with van der Waals surface area (Å²) in [4.78, 5) is 0. The second-order valence-corrected chi connectivity index (χ2v) is 4.35. The van der Waals surface area contributed by atoms with E-state index in [1.54, 1.807) is 0 Å². The van der Waals surface area contributed by atoms with Crippen LogP contribution in [0.15, 0.2) is 0 Å². The maximum atomic E-state index is 9.84. The second kappa shape index (κ2) is 3.14. The molecule has 11 heavy (non-hydrogen) atoms. The fourth-order valence-electron chi connectivity index (χ4n) is 1.74. The van der Waals surface area contributed by atoms with Crippen LogP contribution in [0, 0.1) is 11.8 Å². The molecule has 1 rings (SSSR count). The van der Waals surface area contributed by atoms with E-state index in [1.165, 1.54) is 6.42 Å². The summed E-state index contributed by atoms with van der Waals surface area (Å²) < 4.78 is 0. The molecule has 0 aromatic carbocycles. The van der Waals surface area contributed by atoms with Gasteiger partial charge in [0.05, 0.1) is 5.60 Å². The summed E-state index contributed by atoms with van der Waals surface area (Å²) in [7, 11) is 0. The van der Waals surface area contributed by atoms with E-state index in [1.807, 2.05) is 0 Å². The molecular weight excluding hydrogens is 136 g/mol. The van der Waals surface area contributed by atoms with Gasteiger partial charge < -0.3 is 5.11 Å². The molecule has 2 atom stereocenters. The highest BCUT2D eigenvalue weighted by Gasteiger charge is 2.50. The van der Waals surface area contributed by atoms with Crippen molar-refractivity contribution in [1.29, 1.82) is 0 Å². The first-order valence-electron chi connectivity index (χ1n) is 4.81. The monoisotopic (exact) mass is 156 g/mol. The van der Waals surface area contributed by atoms with Crippen molar-refractivity contribution in [3.63, 3.8) is 0 Å². The van der Waals surface area contributed by atoms with Gasteiger partial charge in [0, 0.05) is 0 Å². The second-order valence-electron chi connectivity index (χ2n) is 4.35.